The topological polar surface area (TPSA) is 34.9 Å². The van der Waals surface area contributed by atoms with Gasteiger partial charge in [-0.1, -0.05) is 29.3 Å². The minimum absolute atomic E-state index is 0.454. The first-order valence-corrected chi connectivity index (χ1v) is 5.35. The molecule has 5 heteroatoms. The third-order valence-electron chi connectivity index (χ3n) is 2.26. The monoisotopic (exact) mass is 254 g/mol. The molecule has 1 aromatic carbocycles. The Kier molecular flexibility index (Phi) is 2.99. The summed E-state index contributed by atoms with van der Waals surface area (Å²) in [5, 5.41) is 5.01. The number of aryl methyl sites for hydroxylation is 1. The molecule has 0 radical (unpaired) electrons. The van der Waals surface area contributed by atoms with Crippen molar-refractivity contribution in [2.24, 2.45) is 0 Å². The second kappa shape index (κ2) is 4.28. The molecular formula is C11H8Cl2N2O. The highest BCUT2D eigenvalue weighted by Gasteiger charge is 2.13. The summed E-state index contributed by atoms with van der Waals surface area (Å²) in [6, 6.07) is 5.15. The largest absolute Gasteiger partial charge is 0.296 e. The summed E-state index contributed by atoms with van der Waals surface area (Å²) in [7, 11) is 0. The van der Waals surface area contributed by atoms with Crippen molar-refractivity contribution in [2.45, 2.75) is 6.92 Å². The third kappa shape index (κ3) is 1.72. The molecule has 0 N–H and O–H groups in total. The van der Waals surface area contributed by atoms with Crippen LogP contribution in [-0.2, 0) is 0 Å². The smallest absolute Gasteiger partial charge is 0.168 e. The lowest BCUT2D eigenvalue weighted by atomic mass is 10.2. The maximum atomic E-state index is 11.0. The Labute approximate surface area is 103 Å². The highest BCUT2D eigenvalue weighted by Crippen LogP contribution is 2.29. The summed E-state index contributed by atoms with van der Waals surface area (Å²) < 4.78 is 1.45. The highest BCUT2D eigenvalue weighted by molar-refractivity contribution is 6.37. The van der Waals surface area contributed by atoms with E-state index in [2.05, 4.69) is 5.10 Å². The van der Waals surface area contributed by atoms with Crippen molar-refractivity contribution in [3.05, 3.63) is 45.7 Å². The molecule has 3 nitrogen and oxygen atoms in total. The van der Waals surface area contributed by atoms with Crippen LogP contribution in [-0.4, -0.2) is 16.1 Å². The van der Waals surface area contributed by atoms with E-state index >= 15 is 0 Å². The molecule has 0 bridgehead atoms. The van der Waals surface area contributed by atoms with Crippen LogP contribution in [0.3, 0.4) is 0 Å². The van der Waals surface area contributed by atoms with Crippen LogP contribution in [0.15, 0.2) is 24.4 Å². The normalized spacial score (nSPS) is 10.4. The number of carbonyl (C=O) groups is 1. The number of benzene rings is 1. The molecule has 1 aromatic heterocycles. The Bertz CT molecular complexity index is 529. The summed E-state index contributed by atoms with van der Waals surface area (Å²) in [6.07, 6.45) is 2.34. The van der Waals surface area contributed by atoms with E-state index in [4.69, 9.17) is 23.2 Å². The molecule has 16 heavy (non-hydrogen) atoms. The van der Waals surface area contributed by atoms with Gasteiger partial charge in [0, 0.05) is 0 Å². The molecule has 0 fully saturated rings. The quantitative estimate of drug-likeness (QED) is 0.771. The van der Waals surface area contributed by atoms with Gasteiger partial charge in [0.2, 0.25) is 0 Å². The van der Waals surface area contributed by atoms with E-state index in [1.54, 1.807) is 31.3 Å². The number of aromatic nitrogens is 2. The molecule has 0 saturated carbocycles. The number of hydrogen-bond donors (Lipinski definition) is 0. The van der Waals surface area contributed by atoms with Crippen LogP contribution >= 0.6 is 23.2 Å². The van der Waals surface area contributed by atoms with Gasteiger partial charge < -0.3 is 0 Å². The van der Waals surface area contributed by atoms with E-state index in [-0.39, 0.29) is 0 Å². The SMILES string of the molecule is Cc1cnn(-c2c(Cl)cccc2Cl)c1C=O. The van der Waals surface area contributed by atoms with Crippen molar-refractivity contribution in [1.29, 1.82) is 0 Å². The Morgan fingerprint density at radius 3 is 2.50 bits per heavy atom. The molecular weight excluding hydrogens is 247 g/mol. The minimum Gasteiger partial charge on any atom is -0.296 e. The predicted octanol–water partition coefficient (Wildman–Crippen LogP) is 3.30. The number of rotatable bonds is 2. The molecule has 0 aliphatic carbocycles. The summed E-state index contributed by atoms with van der Waals surface area (Å²) >= 11 is 12.1. The van der Waals surface area contributed by atoms with Crippen LogP contribution in [0.5, 0.6) is 0 Å². The molecule has 0 saturated heterocycles. The lowest BCUT2D eigenvalue weighted by Gasteiger charge is -2.08. The van der Waals surface area contributed by atoms with Crippen LogP contribution in [0.4, 0.5) is 0 Å². The van der Waals surface area contributed by atoms with Gasteiger partial charge in [-0.05, 0) is 24.6 Å². The van der Waals surface area contributed by atoms with E-state index < -0.39 is 0 Å². The Balaban J connectivity index is 2.72. The van der Waals surface area contributed by atoms with Gasteiger partial charge in [-0.25, -0.2) is 4.68 Å². The second-order valence-corrected chi connectivity index (χ2v) is 4.13. The summed E-state index contributed by atoms with van der Waals surface area (Å²) in [5.74, 6) is 0. The Hall–Kier alpha value is -1.32. The van der Waals surface area contributed by atoms with Crippen molar-refractivity contribution >= 4 is 29.5 Å². The number of hydrogen-bond acceptors (Lipinski definition) is 2. The summed E-state index contributed by atoms with van der Waals surface area (Å²) in [4.78, 5) is 11.0. The van der Waals surface area contributed by atoms with Gasteiger partial charge in [-0.3, -0.25) is 4.79 Å². The average molecular weight is 255 g/mol. The van der Waals surface area contributed by atoms with Gasteiger partial charge in [0.15, 0.2) is 6.29 Å². The van der Waals surface area contributed by atoms with Crippen LogP contribution in [0.2, 0.25) is 10.0 Å². The van der Waals surface area contributed by atoms with Crippen molar-refractivity contribution in [3.63, 3.8) is 0 Å². The van der Waals surface area contributed by atoms with Gasteiger partial charge in [-0.15, -0.1) is 0 Å². The molecule has 0 aliphatic rings. The molecule has 0 spiro atoms. The fourth-order valence-electron chi connectivity index (χ4n) is 1.45. The van der Waals surface area contributed by atoms with Crippen molar-refractivity contribution in [1.82, 2.24) is 9.78 Å². The van der Waals surface area contributed by atoms with Crippen LogP contribution in [0, 0.1) is 6.92 Å². The van der Waals surface area contributed by atoms with E-state index in [0.29, 0.717) is 21.4 Å². The number of nitrogens with zero attached hydrogens (tertiary/aromatic N) is 2. The summed E-state index contributed by atoms with van der Waals surface area (Å²) in [6.45, 7) is 1.80. The highest BCUT2D eigenvalue weighted by atomic mass is 35.5. The number of carbonyl (C=O) groups excluding carboxylic acids is 1. The first-order chi connectivity index (χ1) is 7.65. The molecule has 0 unspecified atom stereocenters. The molecule has 0 amide bonds. The van der Waals surface area contributed by atoms with Crippen molar-refractivity contribution in [2.75, 3.05) is 0 Å². The van der Waals surface area contributed by atoms with E-state index in [9.17, 15) is 4.79 Å². The Morgan fingerprint density at radius 1 is 1.31 bits per heavy atom. The van der Waals surface area contributed by atoms with Crippen LogP contribution < -0.4 is 0 Å². The third-order valence-corrected chi connectivity index (χ3v) is 2.87. The lowest BCUT2D eigenvalue weighted by Crippen LogP contribution is -2.03. The molecule has 82 valence electrons. The lowest BCUT2D eigenvalue weighted by molar-refractivity contribution is 0.111. The second-order valence-electron chi connectivity index (χ2n) is 3.31. The zero-order chi connectivity index (χ0) is 11.7. The molecule has 2 rings (SSSR count). The van der Waals surface area contributed by atoms with Gasteiger partial charge in [0.05, 0.1) is 16.2 Å². The van der Waals surface area contributed by atoms with E-state index in [0.717, 1.165) is 11.8 Å². The molecule has 1 heterocycles. The van der Waals surface area contributed by atoms with Crippen LogP contribution in [0.25, 0.3) is 5.69 Å². The molecule has 0 aliphatic heterocycles. The fourth-order valence-corrected chi connectivity index (χ4v) is 2.01. The van der Waals surface area contributed by atoms with Crippen LogP contribution in [0.1, 0.15) is 16.1 Å². The van der Waals surface area contributed by atoms with Gasteiger partial charge in [0.25, 0.3) is 0 Å². The van der Waals surface area contributed by atoms with E-state index in [1.165, 1.54) is 4.68 Å². The number of aldehydes is 1. The zero-order valence-electron chi connectivity index (χ0n) is 8.45. The van der Waals surface area contributed by atoms with Gasteiger partial charge in [-0.2, -0.15) is 5.10 Å². The number of para-hydroxylation sites is 1. The van der Waals surface area contributed by atoms with Gasteiger partial charge in [0.1, 0.15) is 11.4 Å². The first kappa shape index (κ1) is 11.2. The standard InChI is InChI=1S/C11H8Cl2N2O/c1-7-5-14-15(10(7)6-16)11-8(12)3-2-4-9(11)13/h2-6H,1H3. The first-order valence-electron chi connectivity index (χ1n) is 4.59. The minimum atomic E-state index is 0.454. The molecule has 0 atom stereocenters. The van der Waals surface area contributed by atoms with Crippen molar-refractivity contribution < 1.29 is 4.79 Å². The maximum Gasteiger partial charge on any atom is 0.168 e. The fraction of sp³-hybridized carbons (Fsp3) is 0.0909. The summed E-state index contributed by atoms with van der Waals surface area (Å²) in [5.41, 5.74) is 1.77. The average Bonchev–Trinajstić information content (AvgIpc) is 2.59. The Morgan fingerprint density at radius 2 is 1.94 bits per heavy atom. The maximum absolute atomic E-state index is 11.0. The van der Waals surface area contributed by atoms with Gasteiger partial charge >= 0.3 is 0 Å². The number of halogens is 2. The zero-order valence-corrected chi connectivity index (χ0v) is 9.96. The predicted molar refractivity (Wildman–Crippen MR) is 63.7 cm³/mol. The van der Waals surface area contributed by atoms with Crippen molar-refractivity contribution in [3.8, 4) is 5.69 Å². The molecule has 2 aromatic rings. The van der Waals surface area contributed by atoms with E-state index in [1.807, 2.05) is 0 Å².